The standard InChI is InChI=1S/C43H80O5/c1-3-5-7-9-11-13-15-17-19-20-21-22-24-26-28-30-32-34-36-38-43(46)48-40-41(44)39-47-42(45)37-35-33-31-29-27-25-23-18-16-14-12-10-8-6-4-2/h17-19,23,41,44H,3-16,20-22,24-40H2,1-2H3/b19-17-,23-18-/t41-/m1/s1. The predicted molar refractivity (Wildman–Crippen MR) is 205 cm³/mol. The van der Waals surface area contributed by atoms with Crippen molar-refractivity contribution in [1.29, 1.82) is 0 Å². The van der Waals surface area contributed by atoms with Crippen molar-refractivity contribution in [2.75, 3.05) is 13.2 Å². The van der Waals surface area contributed by atoms with E-state index in [1.54, 1.807) is 0 Å². The maximum absolute atomic E-state index is 12.0. The van der Waals surface area contributed by atoms with E-state index in [2.05, 4.69) is 38.2 Å². The topological polar surface area (TPSA) is 72.8 Å². The molecule has 282 valence electrons. The number of esters is 2. The Morgan fingerprint density at radius 1 is 0.417 bits per heavy atom. The molecule has 0 aromatic rings. The van der Waals surface area contributed by atoms with E-state index in [0.29, 0.717) is 12.8 Å². The molecule has 0 unspecified atom stereocenters. The Kier molecular flexibility index (Phi) is 38.5. The molecule has 48 heavy (non-hydrogen) atoms. The summed E-state index contributed by atoms with van der Waals surface area (Å²) in [6.45, 7) is 4.30. The van der Waals surface area contributed by atoms with E-state index < -0.39 is 6.10 Å². The van der Waals surface area contributed by atoms with Gasteiger partial charge in [-0.1, -0.05) is 167 Å². The maximum Gasteiger partial charge on any atom is 0.305 e. The van der Waals surface area contributed by atoms with Gasteiger partial charge in [-0.05, 0) is 64.2 Å². The molecular weight excluding hydrogens is 596 g/mol. The number of unbranched alkanes of at least 4 members (excludes halogenated alkanes) is 26. The Morgan fingerprint density at radius 3 is 0.958 bits per heavy atom. The minimum atomic E-state index is -0.965. The van der Waals surface area contributed by atoms with Gasteiger partial charge in [0.25, 0.3) is 0 Å². The summed E-state index contributed by atoms with van der Waals surface area (Å²) in [6, 6.07) is 0. The molecule has 0 aliphatic rings. The number of ether oxygens (including phenoxy) is 2. The van der Waals surface area contributed by atoms with Gasteiger partial charge in [-0.3, -0.25) is 9.59 Å². The Bertz CT molecular complexity index is 731. The van der Waals surface area contributed by atoms with Gasteiger partial charge in [0.2, 0.25) is 0 Å². The number of hydrogen-bond acceptors (Lipinski definition) is 5. The molecule has 0 saturated heterocycles. The van der Waals surface area contributed by atoms with Crippen LogP contribution in [0.15, 0.2) is 24.3 Å². The van der Waals surface area contributed by atoms with Crippen LogP contribution >= 0.6 is 0 Å². The average Bonchev–Trinajstić information content (AvgIpc) is 3.09. The van der Waals surface area contributed by atoms with E-state index in [-0.39, 0.29) is 25.2 Å². The fraction of sp³-hybridized carbons (Fsp3) is 0.860. The summed E-state index contributed by atoms with van der Waals surface area (Å²) in [7, 11) is 0. The first-order chi connectivity index (χ1) is 23.6. The molecule has 0 aromatic heterocycles. The lowest BCUT2D eigenvalue weighted by Crippen LogP contribution is -2.25. The largest absolute Gasteiger partial charge is 0.463 e. The highest BCUT2D eigenvalue weighted by atomic mass is 16.6. The van der Waals surface area contributed by atoms with Crippen LogP contribution in [0.25, 0.3) is 0 Å². The summed E-state index contributed by atoms with van der Waals surface area (Å²) in [4.78, 5) is 24.0. The molecule has 0 amide bonds. The Morgan fingerprint density at radius 2 is 0.667 bits per heavy atom. The van der Waals surface area contributed by atoms with Crippen molar-refractivity contribution in [3.63, 3.8) is 0 Å². The molecule has 0 fully saturated rings. The first kappa shape index (κ1) is 46.4. The maximum atomic E-state index is 12.0. The molecule has 0 rings (SSSR count). The third-order valence-corrected chi connectivity index (χ3v) is 9.16. The monoisotopic (exact) mass is 677 g/mol. The zero-order valence-corrected chi connectivity index (χ0v) is 32.0. The molecule has 0 spiro atoms. The number of allylic oxidation sites excluding steroid dienone is 4. The van der Waals surface area contributed by atoms with Crippen molar-refractivity contribution in [2.24, 2.45) is 0 Å². The van der Waals surface area contributed by atoms with Gasteiger partial charge in [0.1, 0.15) is 19.3 Å². The smallest absolute Gasteiger partial charge is 0.305 e. The lowest BCUT2D eigenvalue weighted by Gasteiger charge is -2.12. The van der Waals surface area contributed by atoms with Crippen LogP contribution in [-0.2, 0) is 19.1 Å². The van der Waals surface area contributed by atoms with Gasteiger partial charge >= 0.3 is 11.9 Å². The minimum Gasteiger partial charge on any atom is -0.463 e. The fourth-order valence-electron chi connectivity index (χ4n) is 5.96. The zero-order valence-electron chi connectivity index (χ0n) is 32.0. The number of aliphatic hydroxyl groups excluding tert-OH is 1. The van der Waals surface area contributed by atoms with Gasteiger partial charge in [-0.25, -0.2) is 0 Å². The van der Waals surface area contributed by atoms with Gasteiger partial charge in [0.05, 0.1) is 0 Å². The molecule has 0 heterocycles. The molecule has 0 saturated carbocycles. The quantitative estimate of drug-likeness (QED) is 0.0400. The molecular formula is C43H80O5. The number of hydrogen-bond donors (Lipinski definition) is 1. The van der Waals surface area contributed by atoms with E-state index in [4.69, 9.17) is 9.47 Å². The fourth-order valence-corrected chi connectivity index (χ4v) is 5.96. The molecule has 0 aliphatic heterocycles. The number of carbonyl (C=O) groups is 2. The van der Waals surface area contributed by atoms with E-state index in [0.717, 1.165) is 44.9 Å². The molecule has 1 atom stereocenters. The van der Waals surface area contributed by atoms with Crippen molar-refractivity contribution in [2.45, 2.75) is 225 Å². The predicted octanol–water partition coefficient (Wildman–Crippen LogP) is 13.1. The second-order valence-corrected chi connectivity index (χ2v) is 14.1. The minimum absolute atomic E-state index is 0.117. The zero-order chi connectivity index (χ0) is 35.0. The Balaban J connectivity index is 3.42. The van der Waals surface area contributed by atoms with Gasteiger partial charge in [-0.2, -0.15) is 0 Å². The van der Waals surface area contributed by atoms with Crippen LogP contribution < -0.4 is 0 Å². The Hall–Kier alpha value is -1.62. The SMILES string of the molecule is CCCCCCCC/C=C\CCCCCCCCCCCC(=O)OC[C@H](O)COC(=O)CCCCCCC/C=C\CCCCCCCC. The molecule has 0 bridgehead atoms. The van der Waals surface area contributed by atoms with Crippen molar-refractivity contribution < 1.29 is 24.2 Å². The third kappa shape index (κ3) is 38.8. The third-order valence-electron chi connectivity index (χ3n) is 9.16. The lowest BCUT2D eigenvalue weighted by molar-refractivity contribution is -0.152. The summed E-state index contributed by atoms with van der Waals surface area (Å²) < 4.78 is 10.3. The lowest BCUT2D eigenvalue weighted by atomic mass is 10.1. The van der Waals surface area contributed by atoms with Crippen LogP contribution in [0.3, 0.4) is 0 Å². The van der Waals surface area contributed by atoms with Gasteiger partial charge in [0.15, 0.2) is 0 Å². The number of aliphatic hydroxyl groups is 1. The number of rotatable bonds is 38. The van der Waals surface area contributed by atoms with Crippen LogP contribution in [0.2, 0.25) is 0 Å². The molecule has 5 nitrogen and oxygen atoms in total. The van der Waals surface area contributed by atoms with E-state index in [1.807, 2.05) is 0 Å². The second-order valence-electron chi connectivity index (χ2n) is 14.1. The molecule has 0 radical (unpaired) electrons. The van der Waals surface area contributed by atoms with Crippen LogP contribution in [0.4, 0.5) is 0 Å². The van der Waals surface area contributed by atoms with Crippen molar-refractivity contribution in [3.05, 3.63) is 24.3 Å². The molecule has 0 aliphatic carbocycles. The van der Waals surface area contributed by atoms with Gasteiger partial charge in [-0.15, -0.1) is 0 Å². The highest BCUT2D eigenvalue weighted by Gasteiger charge is 2.12. The van der Waals surface area contributed by atoms with Crippen LogP contribution in [0.5, 0.6) is 0 Å². The van der Waals surface area contributed by atoms with Gasteiger partial charge < -0.3 is 14.6 Å². The average molecular weight is 677 g/mol. The normalized spacial score (nSPS) is 12.3. The second kappa shape index (κ2) is 39.8. The molecule has 1 N–H and O–H groups in total. The van der Waals surface area contributed by atoms with Crippen molar-refractivity contribution in [1.82, 2.24) is 0 Å². The summed E-state index contributed by atoms with van der Waals surface area (Å²) >= 11 is 0. The summed E-state index contributed by atoms with van der Waals surface area (Å²) in [5, 5.41) is 10.0. The summed E-state index contributed by atoms with van der Waals surface area (Å²) in [5.41, 5.74) is 0. The van der Waals surface area contributed by atoms with Crippen molar-refractivity contribution >= 4 is 11.9 Å². The number of carbonyl (C=O) groups excluding carboxylic acids is 2. The molecule has 5 heteroatoms. The van der Waals surface area contributed by atoms with E-state index in [1.165, 1.54) is 148 Å². The van der Waals surface area contributed by atoms with E-state index >= 15 is 0 Å². The first-order valence-corrected chi connectivity index (χ1v) is 20.9. The molecule has 0 aromatic carbocycles. The van der Waals surface area contributed by atoms with Gasteiger partial charge in [0, 0.05) is 12.8 Å². The van der Waals surface area contributed by atoms with Crippen molar-refractivity contribution in [3.8, 4) is 0 Å². The Labute approximate surface area is 298 Å². The van der Waals surface area contributed by atoms with Crippen LogP contribution in [-0.4, -0.2) is 36.4 Å². The van der Waals surface area contributed by atoms with E-state index in [9.17, 15) is 14.7 Å². The van der Waals surface area contributed by atoms with Crippen LogP contribution in [0.1, 0.15) is 219 Å². The highest BCUT2D eigenvalue weighted by Crippen LogP contribution is 2.14. The summed E-state index contributed by atoms with van der Waals surface area (Å²) in [6.07, 6.45) is 46.6. The summed E-state index contributed by atoms with van der Waals surface area (Å²) in [5.74, 6) is -0.570. The first-order valence-electron chi connectivity index (χ1n) is 20.9. The highest BCUT2D eigenvalue weighted by molar-refractivity contribution is 5.69. The van der Waals surface area contributed by atoms with Crippen LogP contribution in [0, 0.1) is 0 Å².